The Hall–Kier alpha value is -1.09. The summed E-state index contributed by atoms with van der Waals surface area (Å²) >= 11 is 5.78. The van der Waals surface area contributed by atoms with Crippen molar-refractivity contribution in [1.29, 1.82) is 0 Å². The lowest BCUT2D eigenvalue weighted by Crippen LogP contribution is -2.46. The molecule has 1 aliphatic rings. The van der Waals surface area contributed by atoms with Crippen LogP contribution >= 0.6 is 11.6 Å². The van der Waals surface area contributed by atoms with E-state index in [4.69, 9.17) is 11.6 Å². The summed E-state index contributed by atoms with van der Waals surface area (Å²) in [5.74, 6) is -0.112. The van der Waals surface area contributed by atoms with Gasteiger partial charge in [0, 0.05) is 30.6 Å². The predicted molar refractivity (Wildman–Crippen MR) is 67.0 cm³/mol. The molecular weight excluding hydrogens is 241 g/mol. The molecule has 1 fully saturated rings. The van der Waals surface area contributed by atoms with Crippen LogP contribution in [0.3, 0.4) is 0 Å². The zero-order valence-electron chi connectivity index (χ0n) is 9.91. The number of nitrogens with zero attached hydrogens (tertiary/aromatic N) is 1. The summed E-state index contributed by atoms with van der Waals surface area (Å²) < 4.78 is 13.1. The fraction of sp³-hybridized carbons (Fsp3) is 0.462. The molecule has 0 saturated carbocycles. The molecule has 4 heteroatoms. The third-order valence-electron chi connectivity index (χ3n) is 3.56. The van der Waals surface area contributed by atoms with Crippen LogP contribution in [-0.2, 0) is 4.79 Å². The number of Topliss-reactive ketones (excluding diaryl/α,β-unsaturated/α-hetero) is 1. The van der Waals surface area contributed by atoms with Gasteiger partial charge in [0.2, 0.25) is 0 Å². The monoisotopic (exact) mass is 255 g/mol. The van der Waals surface area contributed by atoms with E-state index in [-0.39, 0.29) is 17.0 Å². The second-order valence-electron chi connectivity index (χ2n) is 4.54. The number of carbonyl (C=O) groups is 1. The number of carbonyl (C=O) groups excluding carboxylic acids is 1. The molecule has 2 unspecified atom stereocenters. The van der Waals surface area contributed by atoms with E-state index in [1.165, 1.54) is 6.07 Å². The van der Waals surface area contributed by atoms with Crippen LogP contribution in [0.4, 0.5) is 10.1 Å². The number of halogens is 2. The first-order valence-corrected chi connectivity index (χ1v) is 6.13. The first-order valence-electron chi connectivity index (χ1n) is 5.75. The highest BCUT2D eigenvalue weighted by atomic mass is 35.5. The van der Waals surface area contributed by atoms with Crippen LogP contribution in [-0.4, -0.2) is 18.4 Å². The average Bonchev–Trinajstić information content (AvgIpc) is 2.30. The van der Waals surface area contributed by atoms with Crippen molar-refractivity contribution in [3.8, 4) is 0 Å². The largest absolute Gasteiger partial charge is 0.368 e. The first kappa shape index (κ1) is 12.4. The van der Waals surface area contributed by atoms with Gasteiger partial charge < -0.3 is 4.90 Å². The molecule has 1 aromatic carbocycles. The molecule has 0 spiro atoms. The molecule has 0 amide bonds. The molecule has 0 aliphatic carbocycles. The molecular formula is C13H15ClFNO. The van der Waals surface area contributed by atoms with Crippen molar-refractivity contribution in [2.75, 3.05) is 11.4 Å². The smallest absolute Gasteiger partial charge is 0.141 e. The van der Waals surface area contributed by atoms with Gasteiger partial charge in [0.25, 0.3) is 0 Å². The number of hydrogen-bond acceptors (Lipinski definition) is 2. The van der Waals surface area contributed by atoms with Crippen molar-refractivity contribution in [3.63, 3.8) is 0 Å². The minimum Gasteiger partial charge on any atom is -0.368 e. The summed E-state index contributed by atoms with van der Waals surface area (Å²) in [5, 5.41) is 0.124. The highest BCUT2D eigenvalue weighted by Gasteiger charge is 2.30. The van der Waals surface area contributed by atoms with Gasteiger partial charge in [-0.15, -0.1) is 0 Å². The highest BCUT2D eigenvalue weighted by molar-refractivity contribution is 6.31. The van der Waals surface area contributed by atoms with Gasteiger partial charge in [0.15, 0.2) is 0 Å². The predicted octanol–water partition coefficient (Wildman–Crippen LogP) is 3.28. The molecule has 2 nitrogen and oxygen atoms in total. The lowest BCUT2D eigenvalue weighted by atomic mass is 9.90. The Bertz CT molecular complexity index is 449. The summed E-state index contributed by atoms with van der Waals surface area (Å²) in [5.41, 5.74) is 0.878. The molecule has 0 N–H and O–H groups in total. The van der Waals surface area contributed by atoms with Crippen molar-refractivity contribution >= 4 is 23.1 Å². The second-order valence-corrected chi connectivity index (χ2v) is 4.94. The number of anilines is 1. The van der Waals surface area contributed by atoms with Gasteiger partial charge in [-0.2, -0.15) is 0 Å². The van der Waals surface area contributed by atoms with Crippen molar-refractivity contribution in [3.05, 3.63) is 29.0 Å². The molecule has 2 atom stereocenters. The van der Waals surface area contributed by atoms with Crippen LogP contribution in [0.1, 0.15) is 20.3 Å². The zero-order valence-corrected chi connectivity index (χ0v) is 10.7. The van der Waals surface area contributed by atoms with Gasteiger partial charge in [0.05, 0.1) is 5.02 Å². The van der Waals surface area contributed by atoms with Crippen LogP contribution in [0.2, 0.25) is 5.02 Å². The maximum atomic E-state index is 13.1. The molecule has 1 aromatic rings. The van der Waals surface area contributed by atoms with E-state index in [1.807, 2.05) is 13.8 Å². The van der Waals surface area contributed by atoms with Crippen LogP contribution in [0.5, 0.6) is 0 Å². The normalized spacial score (nSPS) is 25.2. The number of piperidine rings is 1. The molecule has 1 aliphatic heterocycles. The topological polar surface area (TPSA) is 20.3 Å². The van der Waals surface area contributed by atoms with Gasteiger partial charge in [-0.05, 0) is 25.1 Å². The molecule has 0 aromatic heterocycles. The molecule has 1 saturated heterocycles. The van der Waals surface area contributed by atoms with Gasteiger partial charge in [-0.3, -0.25) is 4.79 Å². The third kappa shape index (κ3) is 2.29. The number of benzene rings is 1. The van der Waals surface area contributed by atoms with Crippen molar-refractivity contribution in [2.24, 2.45) is 5.92 Å². The number of ketones is 1. The molecule has 1 heterocycles. The lowest BCUT2D eigenvalue weighted by Gasteiger charge is -2.38. The number of hydrogen-bond donors (Lipinski definition) is 0. The SMILES string of the molecule is CC1C(=O)CCN(c2ccc(F)c(Cl)c2)C1C. The van der Waals surface area contributed by atoms with Gasteiger partial charge in [-0.25, -0.2) is 4.39 Å². The van der Waals surface area contributed by atoms with Gasteiger partial charge >= 0.3 is 0 Å². The minimum absolute atomic E-state index is 0.00702. The zero-order chi connectivity index (χ0) is 12.6. The summed E-state index contributed by atoms with van der Waals surface area (Å²) in [7, 11) is 0. The van der Waals surface area contributed by atoms with Crippen LogP contribution < -0.4 is 4.90 Å². The molecule has 17 heavy (non-hydrogen) atoms. The van der Waals surface area contributed by atoms with E-state index >= 15 is 0 Å². The van der Waals surface area contributed by atoms with E-state index in [0.29, 0.717) is 18.7 Å². The lowest BCUT2D eigenvalue weighted by molar-refractivity contribution is -0.123. The second kappa shape index (κ2) is 4.65. The van der Waals surface area contributed by atoms with E-state index < -0.39 is 5.82 Å². The van der Waals surface area contributed by atoms with Crippen molar-refractivity contribution in [2.45, 2.75) is 26.3 Å². The summed E-state index contributed by atoms with van der Waals surface area (Å²) in [6.45, 7) is 4.62. The average molecular weight is 256 g/mol. The summed E-state index contributed by atoms with van der Waals surface area (Å²) in [4.78, 5) is 13.7. The Kier molecular flexibility index (Phi) is 3.38. The Morgan fingerprint density at radius 2 is 2.12 bits per heavy atom. The third-order valence-corrected chi connectivity index (χ3v) is 3.85. The van der Waals surface area contributed by atoms with E-state index in [9.17, 15) is 9.18 Å². The first-order chi connectivity index (χ1) is 8.00. The van der Waals surface area contributed by atoms with Gasteiger partial charge in [0.1, 0.15) is 11.6 Å². The Balaban J connectivity index is 2.27. The molecule has 0 bridgehead atoms. The van der Waals surface area contributed by atoms with Crippen LogP contribution in [0.15, 0.2) is 18.2 Å². The van der Waals surface area contributed by atoms with Gasteiger partial charge in [-0.1, -0.05) is 18.5 Å². The number of rotatable bonds is 1. The molecule has 0 radical (unpaired) electrons. The maximum absolute atomic E-state index is 13.1. The molecule has 2 rings (SSSR count). The Labute approximate surface area is 105 Å². The van der Waals surface area contributed by atoms with E-state index in [2.05, 4.69) is 4.90 Å². The fourth-order valence-electron chi connectivity index (χ4n) is 2.23. The molecule has 92 valence electrons. The summed E-state index contributed by atoms with van der Waals surface area (Å²) in [6, 6.07) is 4.82. The fourth-order valence-corrected chi connectivity index (χ4v) is 2.40. The maximum Gasteiger partial charge on any atom is 0.141 e. The van der Waals surface area contributed by atoms with Crippen molar-refractivity contribution < 1.29 is 9.18 Å². The highest BCUT2D eigenvalue weighted by Crippen LogP contribution is 2.29. The summed E-state index contributed by atoms with van der Waals surface area (Å²) in [6.07, 6.45) is 0.542. The van der Waals surface area contributed by atoms with Crippen LogP contribution in [0, 0.1) is 11.7 Å². The Morgan fingerprint density at radius 1 is 1.41 bits per heavy atom. The Morgan fingerprint density at radius 3 is 2.76 bits per heavy atom. The quantitative estimate of drug-likeness (QED) is 0.768. The van der Waals surface area contributed by atoms with E-state index in [0.717, 1.165) is 5.69 Å². The standard InChI is InChI=1S/C13H15ClFNO/c1-8-9(2)16(6-5-13(8)17)10-3-4-12(15)11(14)7-10/h3-4,7-9H,5-6H2,1-2H3. The van der Waals surface area contributed by atoms with Crippen LogP contribution in [0.25, 0.3) is 0 Å². The van der Waals surface area contributed by atoms with Crippen molar-refractivity contribution in [1.82, 2.24) is 0 Å². The minimum atomic E-state index is -0.413. The van der Waals surface area contributed by atoms with E-state index in [1.54, 1.807) is 12.1 Å².